The van der Waals surface area contributed by atoms with Gasteiger partial charge in [-0.2, -0.15) is 0 Å². The quantitative estimate of drug-likeness (QED) is 0.903. The van der Waals surface area contributed by atoms with Gasteiger partial charge in [0, 0.05) is 11.8 Å². The smallest absolute Gasteiger partial charge is 0.147 e. The average molecular weight is 247 g/mol. The molecule has 0 spiro atoms. The highest BCUT2D eigenvalue weighted by atomic mass is 19.1. The van der Waals surface area contributed by atoms with Crippen molar-refractivity contribution in [3.63, 3.8) is 0 Å². The lowest BCUT2D eigenvalue weighted by Gasteiger charge is -2.15. The van der Waals surface area contributed by atoms with Gasteiger partial charge in [0.15, 0.2) is 0 Å². The number of pyridine rings is 1. The van der Waals surface area contributed by atoms with Crippen molar-refractivity contribution in [2.45, 2.75) is 13.0 Å². The predicted molar refractivity (Wildman–Crippen MR) is 65.9 cm³/mol. The van der Waals surface area contributed by atoms with E-state index in [2.05, 4.69) is 4.98 Å². The van der Waals surface area contributed by atoms with E-state index in [0.29, 0.717) is 17.9 Å². The van der Waals surface area contributed by atoms with E-state index in [1.54, 1.807) is 24.3 Å². The zero-order valence-corrected chi connectivity index (χ0v) is 10.0. The monoisotopic (exact) mass is 247 g/mol. The summed E-state index contributed by atoms with van der Waals surface area (Å²) in [7, 11) is 0. The highest BCUT2D eigenvalue weighted by Gasteiger charge is 2.19. The number of benzene rings is 1. The first-order chi connectivity index (χ1) is 8.74. The Balaban J connectivity index is 2.40. The minimum atomic E-state index is -1.13. The number of aromatic nitrogens is 1. The number of hydrogen-bond acceptors (Lipinski definition) is 3. The molecule has 1 heterocycles. The maximum atomic E-state index is 13.6. The summed E-state index contributed by atoms with van der Waals surface area (Å²) < 4.78 is 19.0. The Bertz CT molecular complexity index is 531. The first-order valence-electron chi connectivity index (χ1n) is 5.74. The summed E-state index contributed by atoms with van der Waals surface area (Å²) in [4.78, 5) is 3.88. The van der Waals surface area contributed by atoms with E-state index < -0.39 is 11.9 Å². The number of aliphatic hydroxyl groups excluding tert-OH is 1. The lowest BCUT2D eigenvalue weighted by Crippen LogP contribution is -2.07. The van der Waals surface area contributed by atoms with Crippen molar-refractivity contribution in [2.24, 2.45) is 0 Å². The van der Waals surface area contributed by atoms with Gasteiger partial charge in [-0.3, -0.25) is 4.98 Å². The molecule has 1 aromatic heterocycles. The van der Waals surface area contributed by atoms with Crippen LogP contribution in [0, 0.1) is 5.82 Å². The highest BCUT2D eigenvalue weighted by molar-refractivity contribution is 5.38. The third kappa shape index (κ3) is 2.49. The van der Waals surface area contributed by atoms with Crippen molar-refractivity contribution in [2.75, 3.05) is 6.61 Å². The van der Waals surface area contributed by atoms with E-state index in [9.17, 15) is 9.50 Å². The van der Waals surface area contributed by atoms with Gasteiger partial charge < -0.3 is 9.84 Å². The number of halogens is 1. The molecular formula is C14H14FNO2. The number of rotatable bonds is 4. The van der Waals surface area contributed by atoms with Crippen molar-refractivity contribution in [3.05, 3.63) is 59.7 Å². The summed E-state index contributed by atoms with van der Waals surface area (Å²) >= 11 is 0. The van der Waals surface area contributed by atoms with Crippen molar-refractivity contribution in [1.29, 1.82) is 0 Å². The first kappa shape index (κ1) is 12.5. The molecule has 3 nitrogen and oxygen atoms in total. The zero-order valence-electron chi connectivity index (χ0n) is 10.0. The maximum absolute atomic E-state index is 13.6. The largest absolute Gasteiger partial charge is 0.493 e. The van der Waals surface area contributed by atoms with E-state index >= 15 is 0 Å². The number of ether oxygens (including phenoxy) is 1. The lowest BCUT2D eigenvalue weighted by molar-refractivity contribution is 0.202. The Morgan fingerprint density at radius 1 is 1.28 bits per heavy atom. The van der Waals surface area contributed by atoms with Crippen molar-refractivity contribution in [3.8, 4) is 5.75 Å². The molecule has 1 unspecified atom stereocenters. The Kier molecular flexibility index (Phi) is 3.89. The number of hydrogen-bond donors (Lipinski definition) is 1. The average Bonchev–Trinajstić information content (AvgIpc) is 2.40. The number of nitrogens with zero attached hydrogens (tertiary/aromatic N) is 1. The van der Waals surface area contributed by atoms with Gasteiger partial charge in [-0.05, 0) is 25.1 Å². The summed E-state index contributed by atoms with van der Waals surface area (Å²) in [6.07, 6.45) is 0.319. The molecule has 0 fully saturated rings. The third-order valence-electron chi connectivity index (χ3n) is 2.56. The van der Waals surface area contributed by atoms with Crippen LogP contribution in [0.2, 0.25) is 0 Å². The third-order valence-corrected chi connectivity index (χ3v) is 2.56. The fourth-order valence-corrected chi connectivity index (χ4v) is 1.74. The van der Waals surface area contributed by atoms with Crippen molar-refractivity contribution in [1.82, 2.24) is 4.98 Å². The van der Waals surface area contributed by atoms with Crippen LogP contribution in [-0.2, 0) is 0 Å². The van der Waals surface area contributed by atoms with Crippen LogP contribution in [0.3, 0.4) is 0 Å². The minimum Gasteiger partial charge on any atom is -0.493 e. The van der Waals surface area contributed by atoms with Gasteiger partial charge in [-0.1, -0.05) is 18.2 Å². The van der Waals surface area contributed by atoms with Gasteiger partial charge in [-0.15, -0.1) is 0 Å². The molecule has 0 bridgehead atoms. The van der Waals surface area contributed by atoms with E-state index in [1.807, 2.05) is 6.92 Å². The van der Waals surface area contributed by atoms with Crippen LogP contribution >= 0.6 is 0 Å². The summed E-state index contributed by atoms with van der Waals surface area (Å²) in [6, 6.07) is 9.76. The zero-order chi connectivity index (χ0) is 13.0. The van der Waals surface area contributed by atoms with Gasteiger partial charge in [-0.25, -0.2) is 4.39 Å². The number of aliphatic hydroxyl groups is 1. The normalized spacial score (nSPS) is 12.2. The van der Waals surface area contributed by atoms with E-state index in [1.165, 1.54) is 18.3 Å². The second-order valence-corrected chi connectivity index (χ2v) is 3.74. The molecular weight excluding hydrogens is 233 g/mol. The van der Waals surface area contributed by atoms with Crippen molar-refractivity contribution >= 4 is 0 Å². The van der Waals surface area contributed by atoms with Crippen LogP contribution in [0.4, 0.5) is 4.39 Å². The van der Waals surface area contributed by atoms with Gasteiger partial charge in [0.25, 0.3) is 0 Å². The second kappa shape index (κ2) is 5.60. The predicted octanol–water partition coefficient (Wildman–Crippen LogP) is 2.70. The summed E-state index contributed by atoms with van der Waals surface area (Å²) in [5.41, 5.74) is 0.515. The van der Waals surface area contributed by atoms with Crippen LogP contribution in [0.15, 0.2) is 42.6 Å². The molecule has 0 saturated carbocycles. The second-order valence-electron chi connectivity index (χ2n) is 3.74. The molecule has 0 amide bonds. The fraction of sp³-hybridized carbons (Fsp3) is 0.214. The molecule has 0 saturated heterocycles. The van der Waals surface area contributed by atoms with Crippen LogP contribution in [-0.4, -0.2) is 16.7 Å². The van der Waals surface area contributed by atoms with Crippen LogP contribution in [0.5, 0.6) is 5.75 Å². The molecule has 2 rings (SSSR count). The molecule has 18 heavy (non-hydrogen) atoms. The molecule has 1 aromatic carbocycles. The molecule has 0 aliphatic heterocycles. The molecule has 0 aliphatic carbocycles. The Morgan fingerprint density at radius 2 is 2.06 bits per heavy atom. The molecule has 1 N–H and O–H groups in total. The molecule has 4 heteroatoms. The van der Waals surface area contributed by atoms with E-state index in [-0.39, 0.29) is 5.69 Å². The Hall–Kier alpha value is -1.94. The SMILES string of the molecule is CCOc1ccccc1C(O)c1ncccc1F. The summed E-state index contributed by atoms with van der Waals surface area (Å²) in [5, 5.41) is 10.2. The molecule has 0 aliphatic rings. The lowest BCUT2D eigenvalue weighted by atomic mass is 10.0. The highest BCUT2D eigenvalue weighted by Crippen LogP contribution is 2.29. The first-order valence-corrected chi connectivity index (χ1v) is 5.74. The topological polar surface area (TPSA) is 42.4 Å². The van der Waals surface area contributed by atoms with Gasteiger partial charge in [0.2, 0.25) is 0 Å². The van der Waals surface area contributed by atoms with Gasteiger partial charge in [0.05, 0.1) is 6.61 Å². The minimum absolute atomic E-state index is 0.00431. The number of para-hydroxylation sites is 1. The van der Waals surface area contributed by atoms with Crippen LogP contribution in [0.25, 0.3) is 0 Å². The maximum Gasteiger partial charge on any atom is 0.147 e. The fourth-order valence-electron chi connectivity index (χ4n) is 1.74. The van der Waals surface area contributed by atoms with Crippen LogP contribution < -0.4 is 4.74 Å². The standard InChI is InChI=1S/C14H14FNO2/c1-2-18-12-8-4-3-6-10(12)14(17)13-11(15)7-5-9-16-13/h3-9,14,17H,2H2,1H3. The molecule has 2 aromatic rings. The summed E-state index contributed by atoms with van der Waals surface area (Å²) in [6.45, 7) is 2.33. The van der Waals surface area contributed by atoms with E-state index in [0.717, 1.165) is 0 Å². The summed E-state index contributed by atoms with van der Waals surface area (Å²) in [5.74, 6) is 0.00820. The van der Waals surface area contributed by atoms with Gasteiger partial charge >= 0.3 is 0 Å². The Morgan fingerprint density at radius 3 is 2.78 bits per heavy atom. The molecule has 1 atom stereocenters. The van der Waals surface area contributed by atoms with Crippen LogP contribution in [0.1, 0.15) is 24.3 Å². The van der Waals surface area contributed by atoms with E-state index in [4.69, 9.17) is 4.74 Å². The van der Waals surface area contributed by atoms with Crippen molar-refractivity contribution < 1.29 is 14.2 Å². The molecule has 0 radical (unpaired) electrons. The molecule has 94 valence electrons. The Labute approximate surface area is 105 Å². The van der Waals surface area contributed by atoms with Gasteiger partial charge in [0.1, 0.15) is 23.4 Å².